The summed E-state index contributed by atoms with van der Waals surface area (Å²) in [6.07, 6.45) is 3.73. The number of amides is 1. The third-order valence-corrected chi connectivity index (χ3v) is 7.66. The van der Waals surface area contributed by atoms with Crippen LogP contribution >= 0.6 is 11.3 Å². The molecule has 3 aromatic carbocycles. The second kappa shape index (κ2) is 10.0. The summed E-state index contributed by atoms with van der Waals surface area (Å²) in [7, 11) is 0. The number of anilines is 2. The van der Waals surface area contributed by atoms with Crippen molar-refractivity contribution in [2.24, 2.45) is 0 Å². The summed E-state index contributed by atoms with van der Waals surface area (Å²) >= 11 is 1.53. The highest BCUT2D eigenvalue weighted by Crippen LogP contribution is 2.31. The Balaban J connectivity index is 1.10. The minimum absolute atomic E-state index is 0.0166. The first kappa shape index (κ1) is 22.6. The molecule has 0 unspecified atom stereocenters. The van der Waals surface area contributed by atoms with Crippen LogP contribution in [0.1, 0.15) is 28.8 Å². The largest absolute Gasteiger partial charge is 0.349 e. The van der Waals surface area contributed by atoms with Gasteiger partial charge in [0.1, 0.15) is 5.82 Å². The van der Waals surface area contributed by atoms with Crippen molar-refractivity contribution in [1.82, 2.24) is 20.2 Å². The Morgan fingerprint density at radius 3 is 2.64 bits per heavy atom. The number of nitrogens with one attached hydrogen (secondary N) is 2. The number of piperidine rings is 1. The van der Waals surface area contributed by atoms with Crippen LogP contribution in [0.2, 0.25) is 0 Å². The van der Waals surface area contributed by atoms with E-state index in [9.17, 15) is 4.79 Å². The van der Waals surface area contributed by atoms with Crippen molar-refractivity contribution in [1.29, 1.82) is 0 Å². The zero-order chi connectivity index (χ0) is 24.3. The van der Waals surface area contributed by atoms with E-state index in [1.165, 1.54) is 16.9 Å². The summed E-state index contributed by atoms with van der Waals surface area (Å²) in [5, 5.41) is 9.54. The Bertz CT molecular complexity index is 1500. The molecular formula is C29H27N5OS. The Kier molecular flexibility index (Phi) is 6.32. The number of hydrogen-bond donors (Lipinski definition) is 2. The number of carbonyl (C=O) groups is 1. The number of nitrogens with zero attached hydrogens (tertiary/aromatic N) is 3. The molecule has 180 valence electrons. The van der Waals surface area contributed by atoms with Crippen LogP contribution in [0, 0.1) is 0 Å². The topological polar surface area (TPSA) is 70.2 Å². The molecule has 0 bridgehead atoms. The zero-order valence-electron chi connectivity index (χ0n) is 19.9. The van der Waals surface area contributed by atoms with E-state index in [1.807, 2.05) is 42.5 Å². The highest BCUT2D eigenvalue weighted by atomic mass is 32.1. The molecule has 6 rings (SSSR count). The van der Waals surface area contributed by atoms with Crippen LogP contribution in [0.15, 0.2) is 85.1 Å². The number of carbonyl (C=O) groups excluding carboxylic acids is 1. The number of pyridine rings is 1. The molecule has 1 aliphatic rings. The molecule has 1 amide bonds. The van der Waals surface area contributed by atoms with Crippen LogP contribution in [-0.4, -0.2) is 39.9 Å². The van der Waals surface area contributed by atoms with Crippen molar-refractivity contribution in [2.75, 3.05) is 18.4 Å². The van der Waals surface area contributed by atoms with Gasteiger partial charge in [0.2, 0.25) is 0 Å². The second-order valence-electron chi connectivity index (χ2n) is 9.22. The molecule has 6 nitrogen and oxygen atoms in total. The van der Waals surface area contributed by atoms with E-state index in [2.05, 4.69) is 56.9 Å². The van der Waals surface area contributed by atoms with Crippen LogP contribution in [-0.2, 0) is 6.54 Å². The van der Waals surface area contributed by atoms with Gasteiger partial charge < -0.3 is 10.6 Å². The predicted octanol–water partition coefficient (Wildman–Crippen LogP) is 5.98. The van der Waals surface area contributed by atoms with E-state index in [4.69, 9.17) is 4.98 Å². The maximum absolute atomic E-state index is 13.0. The van der Waals surface area contributed by atoms with Crippen LogP contribution in [0.5, 0.6) is 0 Å². The average Bonchev–Trinajstić information content (AvgIpc) is 3.32. The van der Waals surface area contributed by atoms with E-state index in [0.717, 1.165) is 64.4 Å². The van der Waals surface area contributed by atoms with Crippen LogP contribution in [0.3, 0.4) is 0 Å². The Morgan fingerprint density at radius 1 is 0.972 bits per heavy atom. The first-order chi connectivity index (χ1) is 17.7. The van der Waals surface area contributed by atoms with E-state index in [-0.39, 0.29) is 11.9 Å². The van der Waals surface area contributed by atoms with E-state index in [1.54, 1.807) is 6.20 Å². The molecular weight excluding hydrogens is 466 g/mol. The average molecular weight is 494 g/mol. The highest BCUT2D eigenvalue weighted by Gasteiger charge is 2.21. The maximum atomic E-state index is 13.0. The molecule has 2 aromatic heterocycles. The third kappa shape index (κ3) is 4.94. The van der Waals surface area contributed by atoms with Crippen molar-refractivity contribution in [3.8, 4) is 0 Å². The molecule has 0 atom stereocenters. The van der Waals surface area contributed by atoms with E-state index < -0.39 is 0 Å². The summed E-state index contributed by atoms with van der Waals surface area (Å²) in [6.45, 7) is 2.95. The van der Waals surface area contributed by atoms with Gasteiger partial charge in [0.15, 0.2) is 5.13 Å². The summed E-state index contributed by atoms with van der Waals surface area (Å²) in [4.78, 5) is 24.7. The Hall–Kier alpha value is -3.81. The van der Waals surface area contributed by atoms with Crippen LogP contribution in [0.25, 0.3) is 21.0 Å². The first-order valence-electron chi connectivity index (χ1n) is 12.3. The monoisotopic (exact) mass is 493 g/mol. The standard InChI is InChI=1S/C29H27N5OS/c35-28(31-23-13-16-34(17-14-23)19-20-6-2-1-3-7-20)22-10-11-25-26(18-22)36-29(32-25)33-27-24-9-5-4-8-21(24)12-15-30-27/h1-12,15,18,23H,13-14,16-17,19H2,(H,31,35)(H,30,32,33). The number of likely N-dealkylation sites (tertiary alicyclic amines) is 1. The van der Waals surface area contributed by atoms with Crippen LogP contribution < -0.4 is 10.6 Å². The number of thiazole rings is 1. The second-order valence-corrected chi connectivity index (χ2v) is 10.2. The Labute approximate surface area is 214 Å². The van der Waals surface area contributed by atoms with Gasteiger partial charge in [-0.05, 0) is 48.1 Å². The molecule has 0 spiro atoms. The van der Waals surface area contributed by atoms with Gasteiger partial charge >= 0.3 is 0 Å². The fourth-order valence-electron chi connectivity index (χ4n) is 4.79. The predicted molar refractivity (Wildman–Crippen MR) is 147 cm³/mol. The van der Waals surface area contributed by atoms with Gasteiger partial charge in [-0.25, -0.2) is 9.97 Å². The quantitative estimate of drug-likeness (QED) is 0.304. The van der Waals surface area contributed by atoms with Crippen molar-refractivity contribution < 1.29 is 4.79 Å². The zero-order valence-corrected chi connectivity index (χ0v) is 20.7. The first-order valence-corrected chi connectivity index (χ1v) is 13.1. The van der Waals surface area contributed by atoms with Crippen molar-refractivity contribution in [3.05, 3.63) is 96.2 Å². The third-order valence-electron chi connectivity index (χ3n) is 6.72. The summed E-state index contributed by atoms with van der Waals surface area (Å²) in [6, 6.07) is 26.6. The molecule has 0 aliphatic carbocycles. The molecule has 1 saturated heterocycles. The number of fused-ring (bicyclic) bond motifs is 2. The van der Waals surface area contributed by atoms with Gasteiger partial charge in [-0.15, -0.1) is 0 Å². The molecule has 2 N–H and O–H groups in total. The fourth-order valence-corrected chi connectivity index (χ4v) is 5.69. The molecule has 0 radical (unpaired) electrons. The lowest BCUT2D eigenvalue weighted by atomic mass is 10.0. The number of benzene rings is 3. The Morgan fingerprint density at radius 2 is 1.78 bits per heavy atom. The van der Waals surface area contributed by atoms with E-state index in [0.29, 0.717) is 5.56 Å². The van der Waals surface area contributed by atoms with Crippen LogP contribution in [0.4, 0.5) is 10.9 Å². The smallest absolute Gasteiger partial charge is 0.251 e. The van der Waals surface area contributed by atoms with Gasteiger partial charge in [-0.1, -0.05) is 65.9 Å². The van der Waals surface area contributed by atoms with Gasteiger partial charge in [-0.3, -0.25) is 9.69 Å². The van der Waals surface area contributed by atoms with Gasteiger partial charge in [0.25, 0.3) is 5.91 Å². The number of hydrogen-bond acceptors (Lipinski definition) is 6. The fraction of sp³-hybridized carbons (Fsp3) is 0.207. The number of aromatic nitrogens is 2. The molecule has 3 heterocycles. The minimum Gasteiger partial charge on any atom is -0.349 e. The van der Waals surface area contributed by atoms with Crippen molar-refractivity contribution in [2.45, 2.75) is 25.4 Å². The van der Waals surface area contributed by atoms with Crippen molar-refractivity contribution in [3.63, 3.8) is 0 Å². The number of rotatable bonds is 6. The van der Waals surface area contributed by atoms with Crippen molar-refractivity contribution >= 4 is 49.2 Å². The normalized spacial score (nSPS) is 14.8. The molecule has 5 aromatic rings. The molecule has 0 saturated carbocycles. The lowest BCUT2D eigenvalue weighted by Gasteiger charge is -2.32. The van der Waals surface area contributed by atoms with Gasteiger partial charge in [0, 0.05) is 42.8 Å². The highest BCUT2D eigenvalue weighted by molar-refractivity contribution is 7.22. The lowest BCUT2D eigenvalue weighted by Crippen LogP contribution is -2.44. The maximum Gasteiger partial charge on any atom is 0.251 e. The summed E-state index contributed by atoms with van der Waals surface area (Å²) < 4.78 is 0.975. The van der Waals surface area contributed by atoms with E-state index >= 15 is 0 Å². The molecule has 36 heavy (non-hydrogen) atoms. The molecule has 1 fully saturated rings. The summed E-state index contributed by atoms with van der Waals surface area (Å²) in [5.74, 6) is 0.765. The SMILES string of the molecule is O=C(NC1CCN(Cc2ccccc2)CC1)c1ccc2nc(Nc3nccc4ccccc34)sc2c1. The minimum atomic E-state index is -0.0166. The van der Waals surface area contributed by atoms with Gasteiger partial charge in [0.05, 0.1) is 10.2 Å². The molecule has 1 aliphatic heterocycles. The lowest BCUT2D eigenvalue weighted by molar-refractivity contribution is 0.0909. The summed E-state index contributed by atoms with van der Waals surface area (Å²) in [5.41, 5.74) is 2.88. The van der Waals surface area contributed by atoms with Gasteiger partial charge in [-0.2, -0.15) is 0 Å². The molecule has 7 heteroatoms.